The molecule has 0 aromatic carbocycles. The van der Waals surface area contributed by atoms with Crippen molar-refractivity contribution in [1.82, 2.24) is 10.6 Å². The third-order valence-electron chi connectivity index (χ3n) is 3.09. The predicted molar refractivity (Wildman–Crippen MR) is 83.9 cm³/mol. The van der Waals surface area contributed by atoms with E-state index in [0.717, 1.165) is 18.9 Å². The standard InChI is InChI=1S/C15H31N3O2/c1-6-8-9-10-13(4)18-15(16-7-2)17-11-12(3)14(19)20-5/h12-13H,6-11H2,1-5H3,(H2,16,17,18). The molecule has 0 saturated carbocycles. The Labute approximate surface area is 123 Å². The maximum absolute atomic E-state index is 11.3. The second-order valence-electron chi connectivity index (χ2n) is 5.18. The number of guanidine groups is 1. The summed E-state index contributed by atoms with van der Waals surface area (Å²) in [6, 6.07) is 0.382. The van der Waals surface area contributed by atoms with Gasteiger partial charge in [-0.3, -0.25) is 9.79 Å². The summed E-state index contributed by atoms with van der Waals surface area (Å²) < 4.78 is 4.70. The van der Waals surface area contributed by atoms with Crippen LogP contribution in [0.15, 0.2) is 4.99 Å². The van der Waals surface area contributed by atoms with E-state index in [9.17, 15) is 4.79 Å². The summed E-state index contributed by atoms with van der Waals surface area (Å²) in [5.41, 5.74) is 0. The van der Waals surface area contributed by atoms with E-state index in [1.165, 1.54) is 26.4 Å². The molecule has 2 atom stereocenters. The summed E-state index contributed by atoms with van der Waals surface area (Å²) in [5.74, 6) is 0.332. The molecule has 5 nitrogen and oxygen atoms in total. The van der Waals surface area contributed by atoms with Crippen molar-refractivity contribution in [3.63, 3.8) is 0 Å². The molecule has 118 valence electrons. The van der Waals surface area contributed by atoms with Crippen molar-refractivity contribution in [2.45, 2.75) is 59.4 Å². The number of hydrogen-bond acceptors (Lipinski definition) is 3. The van der Waals surface area contributed by atoms with E-state index in [1.807, 2.05) is 13.8 Å². The zero-order valence-corrected chi connectivity index (χ0v) is 13.7. The number of hydrogen-bond donors (Lipinski definition) is 2. The lowest BCUT2D eigenvalue weighted by Crippen LogP contribution is -2.42. The molecule has 5 heteroatoms. The minimum absolute atomic E-state index is 0.217. The third-order valence-corrected chi connectivity index (χ3v) is 3.09. The van der Waals surface area contributed by atoms with Gasteiger partial charge in [-0.05, 0) is 20.3 Å². The van der Waals surface area contributed by atoms with Gasteiger partial charge in [0.25, 0.3) is 0 Å². The summed E-state index contributed by atoms with van der Waals surface area (Å²) in [5, 5.41) is 6.58. The quantitative estimate of drug-likeness (QED) is 0.295. The monoisotopic (exact) mass is 285 g/mol. The summed E-state index contributed by atoms with van der Waals surface area (Å²) >= 11 is 0. The first kappa shape index (κ1) is 18.7. The van der Waals surface area contributed by atoms with Crippen LogP contribution in [-0.4, -0.2) is 38.2 Å². The minimum atomic E-state index is -0.222. The summed E-state index contributed by atoms with van der Waals surface area (Å²) in [6.45, 7) is 9.46. The first-order chi connectivity index (χ1) is 9.54. The van der Waals surface area contributed by atoms with Crippen molar-refractivity contribution in [3.8, 4) is 0 Å². The van der Waals surface area contributed by atoms with Crippen LogP contribution in [0.1, 0.15) is 53.4 Å². The van der Waals surface area contributed by atoms with Crippen molar-refractivity contribution >= 4 is 11.9 Å². The Morgan fingerprint density at radius 3 is 2.50 bits per heavy atom. The highest BCUT2D eigenvalue weighted by Gasteiger charge is 2.13. The van der Waals surface area contributed by atoms with Gasteiger partial charge in [0.05, 0.1) is 19.6 Å². The van der Waals surface area contributed by atoms with E-state index < -0.39 is 0 Å². The minimum Gasteiger partial charge on any atom is -0.469 e. The summed E-state index contributed by atoms with van der Waals surface area (Å²) in [6.07, 6.45) is 4.85. The molecule has 0 aromatic heterocycles. The molecule has 0 rings (SSSR count). The van der Waals surface area contributed by atoms with Gasteiger partial charge in [-0.1, -0.05) is 33.1 Å². The fourth-order valence-corrected chi connectivity index (χ4v) is 1.83. The average Bonchev–Trinajstić information content (AvgIpc) is 2.44. The fraction of sp³-hybridized carbons (Fsp3) is 0.867. The van der Waals surface area contributed by atoms with E-state index >= 15 is 0 Å². The lowest BCUT2D eigenvalue weighted by Gasteiger charge is -2.18. The van der Waals surface area contributed by atoms with Gasteiger partial charge in [0.15, 0.2) is 5.96 Å². The second-order valence-corrected chi connectivity index (χ2v) is 5.18. The van der Waals surface area contributed by atoms with Crippen molar-refractivity contribution in [2.75, 3.05) is 20.2 Å². The summed E-state index contributed by atoms with van der Waals surface area (Å²) in [7, 11) is 1.40. The van der Waals surface area contributed by atoms with Gasteiger partial charge in [0.2, 0.25) is 0 Å². The van der Waals surface area contributed by atoms with Crippen LogP contribution in [0.5, 0.6) is 0 Å². The molecule has 0 aliphatic heterocycles. The SMILES string of the molecule is CCCCCC(C)NC(=NCC(C)C(=O)OC)NCC. The van der Waals surface area contributed by atoms with E-state index in [-0.39, 0.29) is 11.9 Å². The molecule has 0 bridgehead atoms. The number of esters is 1. The Hall–Kier alpha value is -1.26. The maximum atomic E-state index is 11.3. The van der Waals surface area contributed by atoms with Crippen molar-refractivity contribution in [2.24, 2.45) is 10.9 Å². The number of unbranched alkanes of at least 4 members (excludes halogenated alkanes) is 2. The number of carbonyl (C=O) groups excluding carboxylic acids is 1. The smallest absolute Gasteiger partial charge is 0.310 e. The van der Waals surface area contributed by atoms with Crippen LogP contribution in [0.3, 0.4) is 0 Å². The molecule has 0 aromatic rings. The van der Waals surface area contributed by atoms with E-state index in [4.69, 9.17) is 4.74 Å². The van der Waals surface area contributed by atoms with Gasteiger partial charge < -0.3 is 15.4 Å². The number of ether oxygens (including phenoxy) is 1. The van der Waals surface area contributed by atoms with Crippen molar-refractivity contribution in [1.29, 1.82) is 0 Å². The Kier molecular flexibility index (Phi) is 10.8. The molecular weight excluding hydrogens is 254 g/mol. The number of carbonyl (C=O) groups is 1. The fourth-order valence-electron chi connectivity index (χ4n) is 1.83. The Morgan fingerprint density at radius 1 is 1.25 bits per heavy atom. The highest BCUT2D eigenvalue weighted by atomic mass is 16.5. The topological polar surface area (TPSA) is 62.7 Å². The number of methoxy groups -OCH3 is 1. The molecule has 0 radical (unpaired) electrons. The number of rotatable bonds is 9. The van der Waals surface area contributed by atoms with Gasteiger partial charge in [0.1, 0.15) is 0 Å². The molecule has 0 spiro atoms. The molecule has 0 saturated heterocycles. The Morgan fingerprint density at radius 2 is 1.95 bits per heavy atom. The lowest BCUT2D eigenvalue weighted by molar-refractivity contribution is -0.144. The number of aliphatic imine (C=N–C) groups is 1. The van der Waals surface area contributed by atoms with Gasteiger partial charge in [-0.25, -0.2) is 0 Å². The first-order valence-electron chi connectivity index (χ1n) is 7.67. The van der Waals surface area contributed by atoms with Gasteiger partial charge >= 0.3 is 5.97 Å². The van der Waals surface area contributed by atoms with Crippen molar-refractivity contribution < 1.29 is 9.53 Å². The average molecular weight is 285 g/mol. The highest BCUT2D eigenvalue weighted by Crippen LogP contribution is 2.03. The number of nitrogens with one attached hydrogen (secondary N) is 2. The van der Waals surface area contributed by atoms with Crippen LogP contribution in [0, 0.1) is 5.92 Å². The summed E-state index contributed by atoms with van der Waals surface area (Å²) in [4.78, 5) is 15.8. The third kappa shape index (κ3) is 8.77. The Bertz CT molecular complexity index is 293. The molecule has 0 aliphatic carbocycles. The van der Waals surface area contributed by atoms with E-state index in [2.05, 4.69) is 29.5 Å². The molecule has 2 unspecified atom stereocenters. The number of nitrogens with zero attached hydrogens (tertiary/aromatic N) is 1. The highest BCUT2D eigenvalue weighted by molar-refractivity contribution is 5.80. The zero-order chi connectivity index (χ0) is 15.4. The van der Waals surface area contributed by atoms with Gasteiger partial charge in [-0.2, -0.15) is 0 Å². The molecule has 0 fully saturated rings. The van der Waals surface area contributed by atoms with E-state index in [1.54, 1.807) is 0 Å². The van der Waals surface area contributed by atoms with Gasteiger partial charge in [0, 0.05) is 12.6 Å². The molecule has 0 amide bonds. The van der Waals surface area contributed by atoms with Crippen molar-refractivity contribution in [3.05, 3.63) is 0 Å². The Balaban J connectivity index is 4.29. The zero-order valence-electron chi connectivity index (χ0n) is 13.7. The van der Waals surface area contributed by atoms with Crippen LogP contribution in [-0.2, 0) is 9.53 Å². The van der Waals surface area contributed by atoms with Crippen LogP contribution in [0.2, 0.25) is 0 Å². The largest absolute Gasteiger partial charge is 0.469 e. The molecule has 0 heterocycles. The van der Waals surface area contributed by atoms with E-state index in [0.29, 0.717) is 12.6 Å². The van der Waals surface area contributed by atoms with Crippen LogP contribution < -0.4 is 10.6 Å². The maximum Gasteiger partial charge on any atom is 0.310 e. The molecule has 2 N–H and O–H groups in total. The molecular formula is C15H31N3O2. The van der Waals surface area contributed by atoms with Crippen LogP contribution in [0.4, 0.5) is 0 Å². The first-order valence-corrected chi connectivity index (χ1v) is 7.67. The normalized spacial score (nSPS) is 14.6. The van der Waals surface area contributed by atoms with Crippen LogP contribution >= 0.6 is 0 Å². The molecule has 20 heavy (non-hydrogen) atoms. The second kappa shape index (κ2) is 11.6. The van der Waals surface area contributed by atoms with Gasteiger partial charge in [-0.15, -0.1) is 0 Å². The van der Waals surface area contributed by atoms with Crippen LogP contribution in [0.25, 0.3) is 0 Å². The predicted octanol–water partition coefficient (Wildman–Crippen LogP) is 2.32. The molecule has 0 aliphatic rings. The lowest BCUT2D eigenvalue weighted by atomic mass is 10.1.